The van der Waals surface area contributed by atoms with Gasteiger partial charge in [0.25, 0.3) is 0 Å². The summed E-state index contributed by atoms with van der Waals surface area (Å²) in [4.78, 5) is 24.1. The molecule has 2 rings (SSSR count). The first-order chi connectivity index (χ1) is 11.9. The van der Waals surface area contributed by atoms with Crippen molar-refractivity contribution in [3.63, 3.8) is 0 Å². The van der Waals surface area contributed by atoms with Crippen LogP contribution < -0.4 is 16.0 Å². The van der Waals surface area contributed by atoms with Crippen LogP contribution in [0.3, 0.4) is 0 Å². The molecule has 132 valence electrons. The van der Waals surface area contributed by atoms with Gasteiger partial charge in [0.2, 0.25) is 5.91 Å². The molecule has 2 aromatic rings. The molecule has 0 radical (unpaired) electrons. The van der Waals surface area contributed by atoms with Gasteiger partial charge in [-0.3, -0.25) is 4.79 Å². The van der Waals surface area contributed by atoms with E-state index in [1.807, 2.05) is 32.0 Å². The average molecular weight is 360 g/mol. The van der Waals surface area contributed by atoms with Crippen molar-refractivity contribution in [3.8, 4) is 0 Å². The number of amides is 3. The number of nitrogens with one attached hydrogen (secondary N) is 3. The maximum absolute atomic E-state index is 12.2. The Bertz CT molecular complexity index is 747. The molecule has 0 bridgehead atoms. The number of urea groups is 1. The zero-order valence-electron chi connectivity index (χ0n) is 14.3. The number of benzene rings is 2. The Kier molecular flexibility index (Phi) is 6.83. The summed E-state index contributed by atoms with van der Waals surface area (Å²) in [5, 5.41) is 8.99. The van der Waals surface area contributed by atoms with E-state index in [-0.39, 0.29) is 18.0 Å². The van der Waals surface area contributed by atoms with Gasteiger partial charge in [0, 0.05) is 17.5 Å². The lowest BCUT2D eigenvalue weighted by Crippen LogP contribution is -2.34. The van der Waals surface area contributed by atoms with E-state index in [2.05, 4.69) is 16.0 Å². The van der Waals surface area contributed by atoms with Gasteiger partial charge in [-0.05, 0) is 50.1 Å². The highest BCUT2D eigenvalue weighted by Gasteiger charge is 2.10. The normalized spacial score (nSPS) is 10.4. The molecule has 0 aromatic heterocycles. The lowest BCUT2D eigenvalue weighted by molar-refractivity contribution is -0.116. The van der Waals surface area contributed by atoms with Crippen LogP contribution in [0.25, 0.3) is 0 Å². The lowest BCUT2D eigenvalue weighted by Gasteiger charge is -2.14. The summed E-state index contributed by atoms with van der Waals surface area (Å²) in [6.07, 6.45) is 0.919. The summed E-state index contributed by atoms with van der Waals surface area (Å²) in [6.45, 7) is 3.76. The fourth-order valence-corrected chi connectivity index (χ4v) is 2.50. The molecule has 0 aliphatic carbocycles. The number of hydrogen-bond donors (Lipinski definition) is 3. The molecule has 0 aliphatic rings. The Morgan fingerprint density at radius 3 is 2.32 bits per heavy atom. The Labute approximate surface area is 152 Å². The average Bonchev–Trinajstić information content (AvgIpc) is 2.54. The van der Waals surface area contributed by atoms with Crippen molar-refractivity contribution in [1.82, 2.24) is 5.32 Å². The number of aryl methyl sites for hydroxylation is 1. The van der Waals surface area contributed by atoms with Crippen molar-refractivity contribution < 1.29 is 9.59 Å². The van der Waals surface area contributed by atoms with Crippen LogP contribution in [0.5, 0.6) is 0 Å². The predicted molar refractivity (Wildman–Crippen MR) is 102 cm³/mol. The molecular formula is C19H22ClN3O2. The largest absolute Gasteiger partial charge is 0.336 e. The Balaban J connectivity index is 1.95. The minimum absolute atomic E-state index is 0.0273. The van der Waals surface area contributed by atoms with Crippen LogP contribution in [0.2, 0.25) is 5.02 Å². The Morgan fingerprint density at radius 1 is 1.00 bits per heavy atom. The van der Waals surface area contributed by atoms with Gasteiger partial charge in [0.05, 0.1) is 11.4 Å². The van der Waals surface area contributed by atoms with Crippen molar-refractivity contribution in [2.75, 3.05) is 10.6 Å². The van der Waals surface area contributed by atoms with E-state index >= 15 is 0 Å². The van der Waals surface area contributed by atoms with Crippen LogP contribution in [0.15, 0.2) is 48.5 Å². The molecule has 6 heteroatoms. The number of anilines is 2. The van der Waals surface area contributed by atoms with Gasteiger partial charge in [0.15, 0.2) is 0 Å². The molecule has 0 fully saturated rings. The van der Waals surface area contributed by atoms with E-state index < -0.39 is 0 Å². The van der Waals surface area contributed by atoms with Gasteiger partial charge in [-0.25, -0.2) is 4.79 Å². The predicted octanol–water partition coefficient (Wildman–Crippen LogP) is 4.44. The number of hydrogen-bond acceptors (Lipinski definition) is 2. The maximum atomic E-state index is 12.2. The second-order valence-electron chi connectivity index (χ2n) is 5.98. The van der Waals surface area contributed by atoms with Crippen LogP contribution in [0.4, 0.5) is 16.2 Å². The fraction of sp³-hybridized carbons (Fsp3) is 0.263. The third-order valence-corrected chi connectivity index (χ3v) is 3.63. The van der Waals surface area contributed by atoms with E-state index in [0.717, 1.165) is 5.56 Å². The molecule has 0 saturated heterocycles. The molecule has 0 saturated carbocycles. The molecular weight excluding hydrogens is 338 g/mol. The van der Waals surface area contributed by atoms with Crippen molar-refractivity contribution in [2.45, 2.75) is 32.7 Å². The highest BCUT2D eigenvalue weighted by atomic mass is 35.5. The molecule has 0 aliphatic heterocycles. The zero-order valence-corrected chi connectivity index (χ0v) is 15.1. The highest BCUT2D eigenvalue weighted by Crippen LogP contribution is 2.21. The number of carbonyl (C=O) groups is 2. The smallest absolute Gasteiger partial charge is 0.319 e. The minimum Gasteiger partial charge on any atom is -0.336 e. The second-order valence-corrected chi connectivity index (χ2v) is 6.41. The molecule has 3 amide bonds. The SMILES string of the molecule is CC(C)NC(=O)Nc1ccccc1NC(=O)CCc1cccc(Cl)c1. The van der Waals surface area contributed by atoms with E-state index in [1.54, 1.807) is 30.3 Å². The van der Waals surface area contributed by atoms with Crippen molar-refractivity contribution in [2.24, 2.45) is 0 Å². The molecule has 0 heterocycles. The van der Waals surface area contributed by atoms with Crippen LogP contribution in [-0.4, -0.2) is 18.0 Å². The molecule has 0 unspecified atom stereocenters. The van der Waals surface area contributed by atoms with Crippen molar-refractivity contribution in [3.05, 3.63) is 59.1 Å². The van der Waals surface area contributed by atoms with Crippen LogP contribution in [0, 0.1) is 0 Å². The summed E-state index contributed by atoms with van der Waals surface area (Å²) < 4.78 is 0. The van der Waals surface area contributed by atoms with Gasteiger partial charge in [-0.15, -0.1) is 0 Å². The number of rotatable bonds is 6. The first-order valence-electron chi connectivity index (χ1n) is 8.15. The standard InChI is InChI=1S/C19H22ClN3O2/c1-13(2)21-19(25)23-17-9-4-3-8-16(17)22-18(24)11-10-14-6-5-7-15(20)12-14/h3-9,12-13H,10-11H2,1-2H3,(H,22,24)(H2,21,23,25). The molecule has 2 aromatic carbocycles. The first-order valence-corrected chi connectivity index (χ1v) is 8.52. The van der Waals surface area contributed by atoms with Crippen LogP contribution >= 0.6 is 11.6 Å². The lowest BCUT2D eigenvalue weighted by atomic mass is 10.1. The topological polar surface area (TPSA) is 70.2 Å². The minimum atomic E-state index is -0.310. The second kappa shape index (κ2) is 9.08. The first kappa shape index (κ1) is 18.8. The van der Waals surface area contributed by atoms with Gasteiger partial charge in [-0.1, -0.05) is 35.9 Å². The third kappa shape index (κ3) is 6.47. The van der Waals surface area contributed by atoms with Gasteiger partial charge < -0.3 is 16.0 Å². The summed E-state index contributed by atoms with van der Waals surface area (Å²) in [5.41, 5.74) is 2.12. The molecule has 0 atom stereocenters. The summed E-state index contributed by atoms with van der Waals surface area (Å²) >= 11 is 5.95. The van der Waals surface area contributed by atoms with E-state index in [4.69, 9.17) is 11.6 Å². The van der Waals surface area contributed by atoms with Crippen molar-refractivity contribution in [1.29, 1.82) is 0 Å². The molecule has 25 heavy (non-hydrogen) atoms. The number of para-hydroxylation sites is 2. The Morgan fingerprint density at radius 2 is 1.68 bits per heavy atom. The fourth-order valence-electron chi connectivity index (χ4n) is 2.28. The van der Waals surface area contributed by atoms with Crippen molar-refractivity contribution >= 4 is 34.9 Å². The molecule has 3 N–H and O–H groups in total. The Hall–Kier alpha value is -2.53. The monoisotopic (exact) mass is 359 g/mol. The quantitative estimate of drug-likeness (QED) is 0.713. The summed E-state index contributed by atoms with van der Waals surface area (Å²) in [6, 6.07) is 14.3. The van der Waals surface area contributed by atoms with Gasteiger partial charge in [0.1, 0.15) is 0 Å². The van der Waals surface area contributed by atoms with E-state index in [9.17, 15) is 9.59 Å². The van der Waals surface area contributed by atoms with Gasteiger partial charge >= 0.3 is 6.03 Å². The highest BCUT2D eigenvalue weighted by molar-refractivity contribution is 6.30. The van der Waals surface area contributed by atoms with E-state index in [1.165, 1.54) is 0 Å². The molecule has 0 spiro atoms. The summed E-state index contributed by atoms with van der Waals surface area (Å²) in [7, 11) is 0. The van der Waals surface area contributed by atoms with Gasteiger partial charge in [-0.2, -0.15) is 0 Å². The van der Waals surface area contributed by atoms with Crippen LogP contribution in [0.1, 0.15) is 25.8 Å². The third-order valence-electron chi connectivity index (χ3n) is 3.40. The maximum Gasteiger partial charge on any atom is 0.319 e. The van der Waals surface area contributed by atoms with Crippen LogP contribution in [-0.2, 0) is 11.2 Å². The molecule has 5 nitrogen and oxygen atoms in total. The number of carbonyl (C=O) groups excluding carboxylic acids is 2. The zero-order chi connectivity index (χ0) is 18.2. The summed E-state index contributed by atoms with van der Waals surface area (Å²) in [5.74, 6) is -0.126. The van der Waals surface area contributed by atoms with E-state index in [0.29, 0.717) is 29.2 Å². The number of halogens is 1.